The van der Waals surface area contributed by atoms with E-state index >= 15 is 0 Å². The van der Waals surface area contributed by atoms with Gasteiger partial charge in [-0.2, -0.15) is 5.10 Å². The fourth-order valence-electron chi connectivity index (χ4n) is 1.30. The number of anilines is 1. The van der Waals surface area contributed by atoms with Crippen LogP contribution in [0.25, 0.3) is 5.69 Å². The highest BCUT2D eigenvalue weighted by atomic mass is 35.5. The third-order valence-corrected chi connectivity index (χ3v) is 2.36. The molecule has 0 radical (unpaired) electrons. The van der Waals surface area contributed by atoms with Gasteiger partial charge in [-0.15, -0.1) is 0 Å². The molecule has 2 aromatic rings. The van der Waals surface area contributed by atoms with Crippen molar-refractivity contribution in [2.24, 2.45) is 0 Å². The van der Waals surface area contributed by atoms with E-state index in [1.807, 2.05) is 19.0 Å². The molecule has 0 aliphatic carbocycles. The molecular formula is C10H10ClFN4. The van der Waals surface area contributed by atoms with Gasteiger partial charge >= 0.3 is 0 Å². The fraction of sp³-hybridized carbons (Fsp3) is 0.200. The summed E-state index contributed by atoms with van der Waals surface area (Å²) in [5, 5.41) is 4.45. The lowest BCUT2D eigenvalue weighted by molar-refractivity contribution is 0.618. The van der Waals surface area contributed by atoms with Crippen LogP contribution in [0.1, 0.15) is 0 Å². The van der Waals surface area contributed by atoms with Crippen LogP contribution >= 0.6 is 11.6 Å². The molecule has 0 amide bonds. The molecule has 2 heterocycles. The lowest BCUT2D eigenvalue weighted by Gasteiger charge is -2.08. The summed E-state index contributed by atoms with van der Waals surface area (Å²) in [4.78, 5) is 5.58. The first-order valence-corrected chi connectivity index (χ1v) is 4.99. The molecule has 4 nitrogen and oxygen atoms in total. The van der Waals surface area contributed by atoms with E-state index in [1.54, 1.807) is 6.20 Å². The van der Waals surface area contributed by atoms with Crippen molar-refractivity contribution in [2.45, 2.75) is 0 Å². The summed E-state index contributed by atoms with van der Waals surface area (Å²) < 4.78 is 14.5. The Hall–Kier alpha value is -1.62. The van der Waals surface area contributed by atoms with E-state index in [4.69, 9.17) is 11.6 Å². The topological polar surface area (TPSA) is 34.0 Å². The monoisotopic (exact) mass is 240 g/mol. The fourth-order valence-corrected chi connectivity index (χ4v) is 1.60. The molecule has 6 heteroatoms. The third-order valence-electron chi connectivity index (χ3n) is 2.09. The molecule has 0 aliphatic rings. The number of hydrogen-bond donors (Lipinski definition) is 0. The van der Waals surface area contributed by atoms with Gasteiger partial charge in [0.1, 0.15) is 5.82 Å². The highest BCUT2D eigenvalue weighted by molar-refractivity contribution is 6.32. The van der Waals surface area contributed by atoms with E-state index in [0.29, 0.717) is 10.8 Å². The van der Waals surface area contributed by atoms with Crippen LogP contribution in [-0.2, 0) is 0 Å². The van der Waals surface area contributed by atoms with Gasteiger partial charge in [-0.1, -0.05) is 11.6 Å². The smallest absolute Gasteiger partial charge is 0.174 e. The van der Waals surface area contributed by atoms with Crippen molar-refractivity contribution >= 4 is 17.3 Å². The maximum absolute atomic E-state index is 13.0. The molecule has 0 spiro atoms. The largest absolute Gasteiger partial charge is 0.374 e. The minimum Gasteiger partial charge on any atom is -0.374 e. The average molecular weight is 241 g/mol. The summed E-state index contributed by atoms with van der Waals surface area (Å²) in [6, 6.07) is 1.34. The van der Waals surface area contributed by atoms with Gasteiger partial charge in [0.25, 0.3) is 0 Å². The second kappa shape index (κ2) is 4.09. The second-order valence-electron chi connectivity index (χ2n) is 3.51. The standard InChI is InChI=1S/C10H10ClFN4/c1-15(2)9-6-16(14-10(9)11)8-3-7(12)4-13-5-8/h3-6H,1-2H3. The van der Waals surface area contributed by atoms with Crippen molar-refractivity contribution < 1.29 is 4.39 Å². The van der Waals surface area contributed by atoms with Gasteiger partial charge in [0, 0.05) is 20.2 Å². The Bertz CT molecular complexity index is 509. The van der Waals surface area contributed by atoms with Crippen LogP contribution in [0.2, 0.25) is 5.15 Å². The Kier molecular flexibility index (Phi) is 2.78. The van der Waals surface area contributed by atoms with Crippen molar-refractivity contribution in [2.75, 3.05) is 19.0 Å². The minimum absolute atomic E-state index is 0.370. The van der Waals surface area contributed by atoms with Crippen LogP contribution in [0, 0.1) is 5.82 Å². The van der Waals surface area contributed by atoms with E-state index < -0.39 is 5.82 Å². The van der Waals surface area contributed by atoms with E-state index in [0.717, 1.165) is 11.9 Å². The Morgan fingerprint density at radius 3 is 2.69 bits per heavy atom. The van der Waals surface area contributed by atoms with Gasteiger partial charge in [-0.25, -0.2) is 9.07 Å². The molecule has 0 aliphatic heterocycles. The molecule has 0 aromatic carbocycles. The number of aromatic nitrogens is 3. The molecule has 2 rings (SSSR count). The van der Waals surface area contributed by atoms with Crippen LogP contribution in [0.3, 0.4) is 0 Å². The highest BCUT2D eigenvalue weighted by Gasteiger charge is 2.09. The van der Waals surface area contributed by atoms with Crippen LogP contribution in [0.4, 0.5) is 10.1 Å². The van der Waals surface area contributed by atoms with Crippen molar-refractivity contribution in [3.8, 4) is 5.69 Å². The maximum atomic E-state index is 13.0. The van der Waals surface area contributed by atoms with Gasteiger partial charge in [-0.3, -0.25) is 4.98 Å². The van der Waals surface area contributed by atoms with Crippen LogP contribution in [0.15, 0.2) is 24.7 Å². The molecule has 0 N–H and O–H groups in total. The van der Waals surface area contributed by atoms with Crippen LogP contribution in [0.5, 0.6) is 0 Å². The third kappa shape index (κ3) is 1.99. The summed E-state index contributed by atoms with van der Waals surface area (Å²) in [7, 11) is 3.72. The van der Waals surface area contributed by atoms with E-state index in [9.17, 15) is 4.39 Å². The van der Waals surface area contributed by atoms with E-state index in [2.05, 4.69) is 10.1 Å². The zero-order chi connectivity index (χ0) is 11.7. The Morgan fingerprint density at radius 1 is 1.38 bits per heavy atom. The van der Waals surface area contributed by atoms with Crippen LogP contribution < -0.4 is 4.90 Å². The molecule has 0 unspecified atom stereocenters. The van der Waals surface area contributed by atoms with E-state index in [1.165, 1.54) is 16.9 Å². The number of rotatable bonds is 2. The molecule has 84 valence electrons. The summed E-state index contributed by atoms with van der Waals surface area (Å²) in [6.07, 6.45) is 4.38. The molecule has 0 fully saturated rings. The molecule has 0 bridgehead atoms. The van der Waals surface area contributed by atoms with Crippen molar-refractivity contribution in [1.29, 1.82) is 0 Å². The van der Waals surface area contributed by atoms with Crippen molar-refractivity contribution in [1.82, 2.24) is 14.8 Å². The number of hydrogen-bond acceptors (Lipinski definition) is 3. The van der Waals surface area contributed by atoms with Crippen molar-refractivity contribution in [3.63, 3.8) is 0 Å². The maximum Gasteiger partial charge on any atom is 0.174 e. The lowest BCUT2D eigenvalue weighted by atomic mass is 10.4. The lowest BCUT2D eigenvalue weighted by Crippen LogP contribution is -2.07. The predicted molar refractivity (Wildman–Crippen MR) is 60.7 cm³/mol. The molecule has 2 aromatic heterocycles. The summed E-state index contributed by atoms with van der Waals surface area (Å²) >= 11 is 5.94. The Balaban J connectivity index is 2.45. The van der Waals surface area contributed by atoms with Gasteiger partial charge in [0.2, 0.25) is 0 Å². The molecular weight excluding hydrogens is 231 g/mol. The zero-order valence-corrected chi connectivity index (χ0v) is 9.61. The first-order valence-electron chi connectivity index (χ1n) is 4.61. The molecule has 0 saturated carbocycles. The number of pyridine rings is 1. The minimum atomic E-state index is -0.407. The quantitative estimate of drug-likeness (QED) is 0.807. The summed E-state index contributed by atoms with van der Waals surface area (Å²) in [5.74, 6) is -0.407. The number of halogens is 2. The summed E-state index contributed by atoms with van der Waals surface area (Å²) in [6.45, 7) is 0. The normalized spacial score (nSPS) is 10.5. The SMILES string of the molecule is CN(C)c1cn(-c2cncc(F)c2)nc1Cl. The highest BCUT2D eigenvalue weighted by Crippen LogP contribution is 2.23. The molecule has 0 saturated heterocycles. The van der Waals surface area contributed by atoms with Gasteiger partial charge in [0.05, 0.1) is 30.0 Å². The molecule has 0 atom stereocenters. The van der Waals surface area contributed by atoms with Gasteiger partial charge in [-0.05, 0) is 0 Å². The van der Waals surface area contributed by atoms with Crippen LogP contribution in [-0.4, -0.2) is 28.9 Å². The first kappa shape index (κ1) is 10.9. The average Bonchev–Trinajstić information content (AvgIpc) is 2.60. The number of nitrogens with zero attached hydrogens (tertiary/aromatic N) is 4. The molecule has 16 heavy (non-hydrogen) atoms. The zero-order valence-electron chi connectivity index (χ0n) is 8.85. The Morgan fingerprint density at radius 2 is 2.12 bits per heavy atom. The predicted octanol–water partition coefficient (Wildman–Crippen LogP) is 2.13. The summed E-state index contributed by atoms with van der Waals surface area (Å²) in [5.41, 5.74) is 1.31. The second-order valence-corrected chi connectivity index (χ2v) is 3.86. The first-order chi connectivity index (χ1) is 7.58. The van der Waals surface area contributed by atoms with Crippen molar-refractivity contribution in [3.05, 3.63) is 35.6 Å². The van der Waals surface area contributed by atoms with Gasteiger partial charge < -0.3 is 4.90 Å². The van der Waals surface area contributed by atoms with E-state index in [-0.39, 0.29) is 0 Å². The van der Waals surface area contributed by atoms with Gasteiger partial charge in [0.15, 0.2) is 5.15 Å². The Labute approximate surface area is 97.3 Å².